The number of hydrogen-bond acceptors (Lipinski definition) is 8. The summed E-state index contributed by atoms with van der Waals surface area (Å²) in [5, 5.41) is 19.0. The molecule has 1 amide bonds. The highest BCUT2D eigenvalue weighted by molar-refractivity contribution is 5.95. The Kier molecular flexibility index (Phi) is 6.96. The van der Waals surface area contributed by atoms with Crippen LogP contribution >= 0.6 is 0 Å². The fourth-order valence-electron chi connectivity index (χ4n) is 4.48. The zero-order valence-electron chi connectivity index (χ0n) is 21.3. The van der Waals surface area contributed by atoms with E-state index in [2.05, 4.69) is 15.4 Å². The van der Waals surface area contributed by atoms with Crippen LogP contribution in [-0.2, 0) is 11.4 Å². The topological polar surface area (TPSA) is 147 Å². The van der Waals surface area contributed by atoms with Gasteiger partial charge < -0.3 is 20.5 Å². The number of nitro benzene ring substituents is 1. The lowest BCUT2D eigenvalue weighted by Gasteiger charge is -2.28. The first-order chi connectivity index (χ1) is 18.9. The van der Waals surface area contributed by atoms with Gasteiger partial charge in [-0.3, -0.25) is 14.9 Å². The van der Waals surface area contributed by atoms with Gasteiger partial charge in [-0.2, -0.15) is 4.98 Å². The summed E-state index contributed by atoms with van der Waals surface area (Å²) >= 11 is 0. The number of nitro groups is 1. The van der Waals surface area contributed by atoms with Crippen molar-refractivity contribution in [3.05, 3.63) is 105 Å². The Balaban J connectivity index is 1.56. The van der Waals surface area contributed by atoms with Crippen LogP contribution in [0.25, 0.3) is 11.4 Å². The minimum Gasteiger partial charge on any atom is -0.490 e. The normalized spacial score (nSPS) is 14.4. The number of ether oxygens (including phenoxy) is 2. The molecule has 11 heteroatoms. The third kappa shape index (κ3) is 5.14. The molecular weight excluding hydrogens is 500 g/mol. The highest BCUT2D eigenvalue weighted by atomic mass is 16.6. The number of allylic oxidation sites excluding steroid dienone is 1. The van der Waals surface area contributed by atoms with Crippen molar-refractivity contribution in [2.45, 2.75) is 26.5 Å². The smallest absolute Gasteiger partial charge is 0.270 e. The van der Waals surface area contributed by atoms with Crippen LogP contribution in [0.2, 0.25) is 0 Å². The van der Waals surface area contributed by atoms with Gasteiger partial charge in [-0.25, -0.2) is 4.68 Å². The molecule has 1 unspecified atom stereocenters. The second-order valence-electron chi connectivity index (χ2n) is 8.85. The molecule has 5 rings (SSSR count). The predicted octanol–water partition coefficient (Wildman–Crippen LogP) is 4.61. The largest absolute Gasteiger partial charge is 0.490 e. The van der Waals surface area contributed by atoms with E-state index in [1.54, 1.807) is 35.9 Å². The van der Waals surface area contributed by atoms with Crippen molar-refractivity contribution >= 4 is 17.5 Å². The molecule has 11 nitrogen and oxygen atoms in total. The van der Waals surface area contributed by atoms with Crippen LogP contribution in [0.5, 0.6) is 11.5 Å². The van der Waals surface area contributed by atoms with E-state index in [0.29, 0.717) is 53.1 Å². The molecule has 39 heavy (non-hydrogen) atoms. The van der Waals surface area contributed by atoms with Crippen LogP contribution in [-0.4, -0.2) is 32.2 Å². The molecular formula is C28H26N6O5. The molecule has 1 atom stereocenters. The summed E-state index contributed by atoms with van der Waals surface area (Å²) in [6.07, 6.45) is 0. The van der Waals surface area contributed by atoms with E-state index in [0.717, 1.165) is 5.56 Å². The van der Waals surface area contributed by atoms with Crippen molar-refractivity contribution in [1.29, 1.82) is 0 Å². The first-order valence-electron chi connectivity index (χ1n) is 12.3. The molecule has 0 fully saturated rings. The van der Waals surface area contributed by atoms with E-state index in [1.165, 1.54) is 12.1 Å². The molecule has 0 saturated carbocycles. The van der Waals surface area contributed by atoms with Crippen LogP contribution < -0.4 is 20.5 Å². The maximum absolute atomic E-state index is 12.6. The van der Waals surface area contributed by atoms with Crippen molar-refractivity contribution in [3.63, 3.8) is 0 Å². The summed E-state index contributed by atoms with van der Waals surface area (Å²) in [6.45, 7) is 4.37. The van der Waals surface area contributed by atoms with Gasteiger partial charge in [0, 0.05) is 23.4 Å². The Hall–Kier alpha value is -5.19. The quantitative estimate of drug-likeness (QED) is 0.237. The molecule has 4 aromatic rings. The van der Waals surface area contributed by atoms with Gasteiger partial charge in [0.1, 0.15) is 12.6 Å². The number of nitrogens with zero attached hydrogens (tertiary/aromatic N) is 4. The number of nitrogens with one attached hydrogen (secondary N) is 1. The fourth-order valence-corrected chi connectivity index (χ4v) is 4.48. The van der Waals surface area contributed by atoms with Crippen LogP contribution in [0.4, 0.5) is 11.6 Å². The number of anilines is 1. The number of carbonyl (C=O) groups is 1. The van der Waals surface area contributed by atoms with Gasteiger partial charge in [-0.15, -0.1) is 5.10 Å². The maximum atomic E-state index is 12.6. The zero-order chi connectivity index (χ0) is 27.5. The second-order valence-corrected chi connectivity index (χ2v) is 8.85. The summed E-state index contributed by atoms with van der Waals surface area (Å²) in [7, 11) is 0. The number of aromatic nitrogens is 3. The number of nitrogens with two attached hydrogens (primary N) is 1. The SMILES string of the molecule is CCOc1cc(C2C(C(N)=O)=C(C)Nc3nc(-c4cccc([N+](=O)[O-])c4)nn32)ccc1OCc1ccccc1. The number of amides is 1. The Morgan fingerprint density at radius 2 is 1.87 bits per heavy atom. The van der Waals surface area contributed by atoms with Crippen molar-refractivity contribution in [2.75, 3.05) is 11.9 Å². The van der Waals surface area contributed by atoms with Crippen LogP contribution in [0.15, 0.2) is 84.1 Å². The second kappa shape index (κ2) is 10.7. The molecule has 2 heterocycles. The van der Waals surface area contributed by atoms with E-state index in [-0.39, 0.29) is 11.5 Å². The number of carbonyl (C=O) groups excluding carboxylic acids is 1. The molecule has 1 aliphatic rings. The minimum atomic E-state index is -0.721. The van der Waals surface area contributed by atoms with Crippen molar-refractivity contribution in [2.24, 2.45) is 5.73 Å². The fraction of sp³-hybridized carbons (Fsp3) is 0.179. The molecule has 198 valence electrons. The first kappa shape index (κ1) is 25.5. The lowest BCUT2D eigenvalue weighted by atomic mass is 9.95. The van der Waals surface area contributed by atoms with Gasteiger partial charge in [-0.1, -0.05) is 48.5 Å². The number of non-ortho nitro benzene ring substituents is 1. The Morgan fingerprint density at radius 1 is 1.08 bits per heavy atom. The van der Waals surface area contributed by atoms with E-state index in [4.69, 9.17) is 15.2 Å². The highest BCUT2D eigenvalue weighted by Gasteiger charge is 2.34. The lowest BCUT2D eigenvalue weighted by Crippen LogP contribution is -2.31. The third-order valence-corrected chi connectivity index (χ3v) is 6.25. The predicted molar refractivity (Wildman–Crippen MR) is 144 cm³/mol. The lowest BCUT2D eigenvalue weighted by molar-refractivity contribution is -0.384. The standard InChI is InChI=1S/C28H26N6O5/c1-3-38-23-15-19(12-13-22(23)39-16-18-8-5-4-6-9-18)25-24(26(29)35)17(2)30-28-31-27(32-33(25)28)20-10-7-11-21(14-20)34(36)37/h4-15,25H,3,16H2,1-2H3,(H2,29,35)(H,30,31,32). The van der Waals surface area contributed by atoms with E-state index >= 15 is 0 Å². The van der Waals surface area contributed by atoms with Gasteiger partial charge in [0.2, 0.25) is 11.9 Å². The van der Waals surface area contributed by atoms with Crippen LogP contribution in [0.3, 0.4) is 0 Å². The summed E-state index contributed by atoms with van der Waals surface area (Å²) < 4.78 is 13.5. The summed E-state index contributed by atoms with van der Waals surface area (Å²) in [5.41, 5.74) is 8.73. The van der Waals surface area contributed by atoms with Gasteiger partial charge in [0.15, 0.2) is 17.3 Å². The number of rotatable bonds is 9. The molecule has 3 aromatic carbocycles. The van der Waals surface area contributed by atoms with Gasteiger partial charge in [0.05, 0.1) is 17.1 Å². The highest BCUT2D eigenvalue weighted by Crippen LogP contribution is 2.39. The maximum Gasteiger partial charge on any atom is 0.270 e. The average molecular weight is 527 g/mol. The van der Waals surface area contributed by atoms with E-state index in [9.17, 15) is 14.9 Å². The third-order valence-electron chi connectivity index (χ3n) is 6.25. The molecule has 1 aromatic heterocycles. The minimum absolute atomic E-state index is 0.0793. The summed E-state index contributed by atoms with van der Waals surface area (Å²) in [4.78, 5) is 28.0. The van der Waals surface area contributed by atoms with Crippen molar-refractivity contribution < 1.29 is 19.2 Å². The molecule has 3 N–H and O–H groups in total. The molecule has 0 spiro atoms. The molecule has 0 aliphatic carbocycles. The van der Waals surface area contributed by atoms with Gasteiger partial charge in [-0.05, 0) is 37.1 Å². The number of primary amides is 1. The summed E-state index contributed by atoms with van der Waals surface area (Å²) in [5.74, 6) is 1.07. The summed E-state index contributed by atoms with van der Waals surface area (Å²) in [6, 6.07) is 20.5. The van der Waals surface area contributed by atoms with E-state index < -0.39 is 16.9 Å². The molecule has 0 radical (unpaired) electrons. The van der Waals surface area contributed by atoms with E-state index in [1.807, 2.05) is 43.3 Å². The Labute approximate surface area is 224 Å². The Bertz CT molecular complexity index is 1580. The monoisotopic (exact) mass is 526 g/mol. The van der Waals surface area contributed by atoms with Crippen LogP contribution in [0.1, 0.15) is 31.0 Å². The van der Waals surface area contributed by atoms with Crippen molar-refractivity contribution in [1.82, 2.24) is 14.8 Å². The zero-order valence-corrected chi connectivity index (χ0v) is 21.3. The number of benzene rings is 3. The van der Waals surface area contributed by atoms with Crippen LogP contribution in [0, 0.1) is 10.1 Å². The van der Waals surface area contributed by atoms with Gasteiger partial charge >= 0.3 is 0 Å². The van der Waals surface area contributed by atoms with Crippen molar-refractivity contribution in [3.8, 4) is 22.9 Å². The molecule has 0 bridgehead atoms. The first-order valence-corrected chi connectivity index (χ1v) is 12.3. The molecule has 0 saturated heterocycles. The average Bonchev–Trinajstić information content (AvgIpc) is 3.36. The number of hydrogen-bond donors (Lipinski definition) is 2. The van der Waals surface area contributed by atoms with Gasteiger partial charge in [0.25, 0.3) is 5.69 Å². The Morgan fingerprint density at radius 3 is 2.59 bits per heavy atom. The molecule has 1 aliphatic heterocycles. The number of fused-ring (bicyclic) bond motifs is 1.